The zero-order valence-corrected chi connectivity index (χ0v) is 16.8. The molecule has 0 bridgehead atoms. The van der Waals surface area contributed by atoms with Crippen LogP contribution in [0.1, 0.15) is 24.8 Å². The van der Waals surface area contributed by atoms with Crippen LogP contribution in [0, 0.1) is 5.92 Å². The molecule has 6 heteroatoms. The van der Waals surface area contributed by atoms with Gasteiger partial charge in [0.05, 0.1) is 6.54 Å². The van der Waals surface area contributed by atoms with Gasteiger partial charge in [-0.1, -0.05) is 18.2 Å². The normalized spacial score (nSPS) is 21.8. The van der Waals surface area contributed by atoms with Crippen LogP contribution in [0.25, 0.3) is 0 Å². The second-order valence-electron chi connectivity index (χ2n) is 7.77. The van der Waals surface area contributed by atoms with E-state index in [0.717, 1.165) is 75.6 Å². The Morgan fingerprint density at radius 1 is 1.00 bits per heavy atom. The molecule has 1 aromatic rings. The lowest BCUT2D eigenvalue weighted by molar-refractivity contribution is -0.136. The molecule has 0 aromatic heterocycles. The van der Waals surface area contributed by atoms with Crippen molar-refractivity contribution in [2.45, 2.75) is 25.7 Å². The molecule has 2 saturated heterocycles. The molecule has 2 fully saturated rings. The van der Waals surface area contributed by atoms with Crippen molar-refractivity contribution >= 4 is 29.3 Å². The number of amides is 2. The number of hydrogen-bond acceptors (Lipinski definition) is 4. The summed E-state index contributed by atoms with van der Waals surface area (Å²) < 4.78 is 0. The molecule has 1 aromatic carbocycles. The molecule has 3 heterocycles. The van der Waals surface area contributed by atoms with Crippen molar-refractivity contribution in [2.24, 2.45) is 5.92 Å². The molecular formula is C21H29N3O2S. The number of para-hydroxylation sites is 1. The molecular weight excluding hydrogens is 358 g/mol. The van der Waals surface area contributed by atoms with Gasteiger partial charge >= 0.3 is 0 Å². The minimum absolute atomic E-state index is 0.148. The van der Waals surface area contributed by atoms with Crippen LogP contribution in [0.4, 0.5) is 5.69 Å². The zero-order chi connectivity index (χ0) is 18.6. The fourth-order valence-electron chi connectivity index (χ4n) is 4.45. The van der Waals surface area contributed by atoms with Gasteiger partial charge in [0.1, 0.15) is 0 Å². The summed E-state index contributed by atoms with van der Waals surface area (Å²) in [5, 5.41) is 0. The summed E-state index contributed by atoms with van der Waals surface area (Å²) in [6.07, 6.45) is 3.86. The topological polar surface area (TPSA) is 43.9 Å². The number of anilines is 1. The lowest BCUT2D eigenvalue weighted by Crippen LogP contribution is -2.48. The van der Waals surface area contributed by atoms with Crippen molar-refractivity contribution in [3.8, 4) is 0 Å². The third-order valence-electron chi connectivity index (χ3n) is 6.03. The minimum Gasteiger partial charge on any atom is -0.341 e. The molecule has 0 saturated carbocycles. The van der Waals surface area contributed by atoms with Gasteiger partial charge in [-0.3, -0.25) is 14.5 Å². The molecule has 5 nitrogen and oxygen atoms in total. The highest BCUT2D eigenvalue weighted by atomic mass is 32.2. The van der Waals surface area contributed by atoms with E-state index in [9.17, 15) is 9.59 Å². The third-order valence-corrected chi connectivity index (χ3v) is 6.97. The number of fused-ring (bicyclic) bond motifs is 1. The molecule has 0 spiro atoms. The fraction of sp³-hybridized carbons (Fsp3) is 0.619. The van der Waals surface area contributed by atoms with Crippen molar-refractivity contribution in [2.75, 3.05) is 55.7 Å². The monoisotopic (exact) mass is 387 g/mol. The van der Waals surface area contributed by atoms with Crippen molar-refractivity contribution in [1.82, 2.24) is 9.80 Å². The molecule has 3 aliphatic rings. The lowest BCUT2D eigenvalue weighted by atomic mass is 9.95. The molecule has 0 unspecified atom stereocenters. The van der Waals surface area contributed by atoms with Gasteiger partial charge < -0.3 is 9.80 Å². The van der Waals surface area contributed by atoms with E-state index in [4.69, 9.17) is 0 Å². The number of carbonyl (C=O) groups excluding carboxylic acids is 2. The number of thioether (sulfide) groups is 1. The Hall–Kier alpha value is -1.53. The van der Waals surface area contributed by atoms with E-state index >= 15 is 0 Å². The maximum absolute atomic E-state index is 12.9. The van der Waals surface area contributed by atoms with Gasteiger partial charge in [-0.05, 0) is 50.4 Å². The van der Waals surface area contributed by atoms with Gasteiger partial charge in [0.2, 0.25) is 11.8 Å². The first-order chi connectivity index (χ1) is 13.2. The van der Waals surface area contributed by atoms with E-state index in [1.807, 2.05) is 27.6 Å². The minimum atomic E-state index is 0.148. The summed E-state index contributed by atoms with van der Waals surface area (Å²) in [6.45, 7) is 4.78. The Morgan fingerprint density at radius 3 is 2.52 bits per heavy atom. The number of likely N-dealkylation sites (tertiary alicyclic amines) is 1. The molecule has 0 atom stereocenters. The van der Waals surface area contributed by atoms with Gasteiger partial charge in [-0.2, -0.15) is 11.8 Å². The maximum atomic E-state index is 12.9. The van der Waals surface area contributed by atoms with E-state index in [1.165, 1.54) is 5.56 Å². The Balaban J connectivity index is 1.29. The average Bonchev–Trinajstić information content (AvgIpc) is 2.74. The Bertz CT molecular complexity index is 682. The van der Waals surface area contributed by atoms with Gasteiger partial charge in [0.25, 0.3) is 0 Å². The highest BCUT2D eigenvalue weighted by Crippen LogP contribution is 2.27. The second kappa shape index (κ2) is 8.65. The molecule has 0 N–H and O–H groups in total. The summed E-state index contributed by atoms with van der Waals surface area (Å²) in [6, 6.07) is 8.26. The van der Waals surface area contributed by atoms with Crippen molar-refractivity contribution in [3.05, 3.63) is 29.8 Å². The standard InChI is InChI=1S/C21H29N3O2S/c25-20(24-9-3-5-17-4-1-2-6-19(17)24)16-22-10-7-18(8-11-22)21(26)23-12-14-27-15-13-23/h1-2,4,6,18H,3,5,7-16H2. The highest BCUT2D eigenvalue weighted by molar-refractivity contribution is 7.99. The van der Waals surface area contributed by atoms with E-state index in [0.29, 0.717) is 12.5 Å². The summed E-state index contributed by atoms with van der Waals surface area (Å²) in [5.74, 6) is 2.81. The number of rotatable bonds is 3. The Kier molecular flexibility index (Phi) is 6.03. The molecule has 0 radical (unpaired) electrons. The van der Waals surface area contributed by atoms with Gasteiger partial charge in [0, 0.05) is 42.7 Å². The van der Waals surface area contributed by atoms with Crippen LogP contribution in [0.2, 0.25) is 0 Å². The average molecular weight is 388 g/mol. The number of benzene rings is 1. The van der Waals surface area contributed by atoms with Gasteiger partial charge in [-0.25, -0.2) is 0 Å². The zero-order valence-electron chi connectivity index (χ0n) is 15.9. The van der Waals surface area contributed by atoms with E-state index in [1.54, 1.807) is 0 Å². The predicted octanol–water partition coefficient (Wildman–Crippen LogP) is 2.25. The first kappa shape index (κ1) is 18.8. The predicted molar refractivity (Wildman–Crippen MR) is 110 cm³/mol. The van der Waals surface area contributed by atoms with E-state index in [2.05, 4.69) is 23.1 Å². The van der Waals surface area contributed by atoms with Gasteiger partial charge in [-0.15, -0.1) is 0 Å². The largest absolute Gasteiger partial charge is 0.341 e. The second-order valence-corrected chi connectivity index (χ2v) is 8.99. The van der Waals surface area contributed by atoms with Crippen LogP contribution >= 0.6 is 11.8 Å². The third kappa shape index (κ3) is 4.32. The maximum Gasteiger partial charge on any atom is 0.241 e. The molecule has 4 rings (SSSR count). The molecule has 3 aliphatic heterocycles. The smallest absolute Gasteiger partial charge is 0.241 e. The van der Waals surface area contributed by atoms with E-state index in [-0.39, 0.29) is 11.8 Å². The fourth-order valence-corrected chi connectivity index (χ4v) is 5.35. The van der Waals surface area contributed by atoms with Crippen molar-refractivity contribution in [1.29, 1.82) is 0 Å². The summed E-state index contributed by atoms with van der Waals surface area (Å²) in [5.41, 5.74) is 2.36. The van der Waals surface area contributed by atoms with Crippen molar-refractivity contribution < 1.29 is 9.59 Å². The van der Waals surface area contributed by atoms with Crippen LogP contribution in [-0.4, -0.2) is 72.4 Å². The quantitative estimate of drug-likeness (QED) is 0.798. The van der Waals surface area contributed by atoms with Crippen molar-refractivity contribution in [3.63, 3.8) is 0 Å². The number of carbonyl (C=O) groups is 2. The van der Waals surface area contributed by atoms with Crippen LogP contribution < -0.4 is 4.90 Å². The Labute approximate surface area is 166 Å². The summed E-state index contributed by atoms with van der Waals surface area (Å²) in [4.78, 5) is 31.8. The summed E-state index contributed by atoms with van der Waals surface area (Å²) >= 11 is 1.93. The van der Waals surface area contributed by atoms with E-state index < -0.39 is 0 Å². The SMILES string of the molecule is O=C(C1CCN(CC(=O)N2CCCc3ccccc32)CC1)N1CCSCC1. The van der Waals surface area contributed by atoms with Crippen LogP contribution in [0.5, 0.6) is 0 Å². The first-order valence-electron chi connectivity index (χ1n) is 10.2. The number of piperidine rings is 1. The lowest BCUT2D eigenvalue weighted by Gasteiger charge is -2.36. The summed E-state index contributed by atoms with van der Waals surface area (Å²) in [7, 11) is 0. The number of aryl methyl sites for hydroxylation is 1. The molecule has 0 aliphatic carbocycles. The Morgan fingerprint density at radius 2 is 1.74 bits per heavy atom. The number of hydrogen-bond donors (Lipinski definition) is 0. The van der Waals surface area contributed by atoms with Gasteiger partial charge in [0.15, 0.2) is 0 Å². The van der Waals surface area contributed by atoms with Crippen LogP contribution in [-0.2, 0) is 16.0 Å². The highest BCUT2D eigenvalue weighted by Gasteiger charge is 2.31. The number of nitrogens with zero attached hydrogens (tertiary/aromatic N) is 3. The molecule has 2 amide bonds. The molecule has 27 heavy (non-hydrogen) atoms. The first-order valence-corrected chi connectivity index (χ1v) is 11.3. The van der Waals surface area contributed by atoms with Crippen LogP contribution in [0.3, 0.4) is 0 Å². The molecule has 146 valence electrons. The van der Waals surface area contributed by atoms with Crippen LogP contribution in [0.15, 0.2) is 24.3 Å².